The molecule has 1 N–H and O–H groups in total. The standard InChI is InChI=1S/C26H17BrF6O2.C19H12F6O2/c27-21-5-1-15(2-6-21)14-35-22-7-8-23-17(12-22)3-4-18(24(23)34)9-16-10-19(25(28,29)30)13-20(11-16)26(31,32)33;20-18(21,22)13-6-10(7-14(9-13)19(23,24)25)5-12-2-1-11-8-15(26)3-4-16(11)17(12)27/h1-2,5-13H,3-4,14H2;3-9,26H,1-2H2/b18-9+;12-5+. The second kappa shape index (κ2) is 17.5. The van der Waals surface area contributed by atoms with E-state index in [-0.39, 0.29) is 58.6 Å². The topological polar surface area (TPSA) is 63.6 Å². The lowest BCUT2D eigenvalue weighted by atomic mass is 9.85. The third kappa shape index (κ3) is 11.2. The van der Waals surface area contributed by atoms with Gasteiger partial charge in [0.25, 0.3) is 0 Å². The van der Waals surface area contributed by atoms with E-state index in [2.05, 4.69) is 15.9 Å². The summed E-state index contributed by atoms with van der Waals surface area (Å²) in [6, 6.07) is 19.1. The number of ketones is 2. The molecule has 2 aliphatic carbocycles. The van der Waals surface area contributed by atoms with Gasteiger partial charge < -0.3 is 9.84 Å². The van der Waals surface area contributed by atoms with Gasteiger partial charge in [0.05, 0.1) is 22.3 Å². The summed E-state index contributed by atoms with van der Waals surface area (Å²) in [5.41, 5.74) is -3.26. The van der Waals surface area contributed by atoms with E-state index in [0.29, 0.717) is 66.2 Å². The van der Waals surface area contributed by atoms with E-state index < -0.39 is 58.5 Å². The van der Waals surface area contributed by atoms with Crippen LogP contribution in [-0.4, -0.2) is 16.7 Å². The third-order valence-corrected chi connectivity index (χ3v) is 10.3. The molecule has 0 spiro atoms. The molecule has 5 aromatic carbocycles. The van der Waals surface area contributed by atoms with Crippen molar-refractivity contribution < 1.29 is 72.1 Å². The molecule has 7 rings (SSSR count). The van der Waals surface area contributed by atoms with Crippen LogP contribution in [0.25, 0.3) is 12.2 Å². The van der Waals surface area contributed by atoms with E-state index in [0.717, 1.165) is 22.2 Å². The average molecular weight is 942 g/mol. The SMILES string of the molecule is O=C1/C(=C/c2cc(C(F)(F)F)cc(C(F)(F)F)c2)CCc2cc(O)ccc21.O=C1/C(=C/c2cc(C(F)(F)F)cc(C(F)(F)F)c2)CCc2cc(OCc3ccc(Br)cc3)ccc21. The number of allylic oxidation sites excluding steroid dienone is 2. The van der Waals surface area contributed by atoms with Crippen LogP contribution < -0.4 is 4.74 Å². The van der Waals surface area contributed by atoms with Gasteiger partial charge in [0, 0.05) is 26.7 Å². The van der Waals surface area contributed by atoms with Gasteiger partial charge in [-0.25, -0.2) is 0 Å². The molecular formula is C45H29BrF12O4. The quantitative estimate of drug-likeness (QED) is 0.141. The van der Waals surface area contributed by atoms with E-state index in [9.17, 15) is 67.4 Å². The van der Waals surface area contributed by atoms with Crippen LogP contribution in [0.2, 0.25) is 0 Å². The Morgan fingerprint density at radius 3 is 1.34 bits per heavy atom. The fourth-order valence-corrected chi connectivity index (χ4v) is 7.02. The Morgan fingerprint density at radius 1 is 0.516 bits per heavy atom. The number of carbonyl (C=O) groups excluding carboxylic acids is 2. The monoisotopic (exact) mass is 940 g/mol. The van der Waals surface area contributed by atoms with Crippen molar-refractivity contribution in [2.24, 2.45) is 0 Å². The zero-order chi connectivity index (χ0) is 45.4. The molecule has 62 heavy (non-hydrogen) atoms. The van der Waals surface area contributed by atoms with Crippen LogP contribution >= 0.6 is 15.9 Å². The van der Waals surface area contributed by atoms with Crippen LogP contribution in [0.15, 0.2) is 113 Å². The number of hydrogen-bond acceptors (Lipinski definition) is 4. The van der Waals surface area contributed by atoms with Crippen LogP contribution in [-0.2, 0) is 44.2 Å². The molecule has 0 bridgehead atoms. The smallest absolute Gasteiger partial charge is 0.416 e. The molecule has 0 aromatic heterocycles. The molecular weight excluding hydrogens is 912 g/mol. The minimum Gasteiger partial charge on any atom is -0.508 e. The number of benzene rings is 5. The Morgan fingerprint density at radius 2 is 0.919 bits per heavy atom. The number of hydrogen-bond donors (Lipinski definition) is 1. The number of Topliss-reactive ketones (excluding diaryl/α,β-unsaturated/α-hetero) is 2. The Labute approximate surface area is 353 Å². The molecule has 0 radical (unpaired) electrons. The lowest BCUT2D eigenvalue weighted by Gasteiger charge is -2.19. The van der Waals surface area contributed by atoms with Gasteiger partial charge in [0.15, 0.2) is 11.6 Å². The number of phenolic OH excluding ortho intramolecular Hbond substituents is 1. The predicted octanol–water partition coefficient (Wildman–Crippen LogP) is 13.9. The summed E-state index contributed by atoms with van der Waals surface area (Å²) in [5.74, 6) is -0.389. The molecule has 0 saturated carbocycles. The van der Waals surface area contributed by atoms with E-state index in [1.54, 1.807) is 18.2 Å². The van der Waals surface area contributed by atoms with Gasteiger partial charge in [-0.1, -0.05) is 28.1 Å². The zero-order valence-electron chi connectivity index (χ0n) is 31.5. The molecule has 0 fully saturated rings. The molecule has 0 aliphatic heterocycles. The number of aromatic hydroxyl groups is 1. The van der Waals surface area contributed by atoms with Gasteiger partial charge in [0.1, 0.15) is 18.1 Å². The first-order chi connectivity index (χ1) is 28.8. The first kappa shape index (κ1) is 45.7. The van der Waals surface area contributed by atoms with E-state index in [1.807, 2.05) is 24.3 Å². The second-order valence-corrected chi connectivity index (χ2v) is 15.2. The molecule has 17 heteroatoms. The van der Waals surface area contributed by atoms with Crippen molar-refractivity contribution in [3.63, 3.8) is 0 Å². The third-order valence-electron chi connectivity index (χ3n) is 9.79. The van der Waals surface area contributed by atoms with E-state index in [4.69, 9.17) is 4.74 Å². The van der Waals surface area contributed by atoms with Gasteiger partial charge in [-0.3, -0.25) is 9.59 Å². The van der Waals surface area contributed by atoms with E-state index >= 15 is 0 Å². The highest BCUT2D eigenvalue weighted by atomic mass is 79.9. The summed E-state index contributed by atoms with van der Waals surface area (Å²) in [5, 5.41) is 9.45. The molecule has 0 heterocycles. The highest BCUT2D eigenvalue weighted by Crippen LogP contribution is 2.40. The molecule has 0 saturated heterocycles. The molecule has 0 amide bonds. The fourth-order valence-electron chi connectivity index (χ4n) is 6.76. The summed E-state index contributed by atoms with van der Waals surface area (Å²) in [7, 11) is 0. The first-order valence-corrected chi connectivity index (χ1v) is 19.1. The van der Waals surface area contributed by atoms with Crippen molar-refractivity contribution in [3.8, 4) is 11.5 Å². The Kier molecular flexibility index (Phi) is 12.9. The molecule has 324 valence electrons. The summed E-state index contributed by atoms with van der Waals surface area (Å²) in [4.78, 5) is 25.5. The van der Waals surface area contributed by atoms with Crippen molar-refractivity contribution in [1.29, 1.82) is 0 Å². The maximum Gasteiger partial charge on any atom is 0.416 e. The Balaban J connectivity index is 0.000000214. The summed E-state index contributed by atoms with van der Waals surface area (Å²) in [6.07, 6.45) is -16.6. The van der Waals surface area contributed by atoms with Crippen LogP contribution in [0.1, 0.15) is 83.6 Å². The number of fused-ring (bicyclic) bond motifs is 2. The lowest BCUT2D eigenvalue weighted by molar-refractivity contribution is -0.144. The number of carbonyl (C=O) groups is 2. The number of halogens is 13. The van der Waals surface area contributed by atoms with Crippen molar-refractivity contribution in [1.82, 2.24) is 0 Å². The predicted molar refractivity (Wildman–Crippen MR) is 207 cm³/mol. The zero-order valence-corrected chi connectivity index (χ0v) is 33.1. The van der Waals surface area contributed by atoms with Gasteiger partial charge in [-0.05, 0) is 151 Å². The fraction of sp³-hybridized carbons (Fsp3) is 0.200. The Bertz CT molecular complexity index is 2520. The van der Waals surface area contributed by atoms with Gasteiger partial charge in [-0.2, -0.15) is 52.7 Å². The molecule has 0 atom stereocenters. The van der Waals surface area contributed by atoms with Gasteiger partial charge in [0.2, 0.25) is 0 Å². The maximum atomic E-state index is 13.1. The normalized spacial score (nSPS) is 15.8. The number of aryl methyl sites for hydroxylation is 2. The maximum absolute atomic E-state index is 13.1. The van der Waals surface area contributed by atoms with Crippen molar-refractivity contribution in [3.05, 3.63) is 174 Å². The van der Waals surface area contributed by atoms with Crippen molar-refractivity contribution in [2.45, 2.75) is 57.0 Å². The van der Waals surface area contributed by atoms with Crippen LogP contribution in [0.5, 0.6) is 11.5 Å². The average Bonchev–Trinajstić information content (AvgIpc) is 3.18. The van der Waals surface area contributed by atoms with Crippen LogP contribution in [0.4, 0.5) is 52.7 Å². The minimum absolute atomic E-state index is 0.0262. The number of rotatable bonds is 5. The highest BCUT2D eigenvalue weighted by Gasteiger charge is 2.38. The van der Waals surface area contributed by atoms with Crippen molar-refractivity contribution >= 4 is 39.6 Å². The van der Waals surface area contributed by atoms with Crippen LogP contribution in [0, 0.1) is 0 Å². The Hall–Kier alpha value is -5.84. The molecule has 2 aliphatic rings. The molecule has 0 unspecified atom stereocenters. The summed E-state index contributed by atoms with van der Waals surface area (Å²) < 4.78 is 163. The van der Waals surface area contributed by atoms with Gasteiger partial charge in [-0.15, -0.1) is 0 Å². The number of phenols is 1. The van der Waals surface area contributed by atoms with E-state index in [1.165, 1.54) is 18.2 Å². The largest absolute Gasteiger partial charge is 0.508 e. The second-order valence-electron chi connectivity index (χ2n) is 14.3. The summed E-state index contributed by atoms with van der Waals surface area (Å²) in [6.45, 7) is 0.322. The summed E-state index contributed by atoms with van der Waals surface area (Å²) >= 11 is 3.36. The van der Waals surface area contributed by atoms with Gasteiger partial charge >= 0.3 is 24.7 Å². The van der Waals surface area contributed by atoms with Crippen LogP contribution in [0.3, 0.4) is 0 Å². The lowest BCUT2D eigenvalue weighted by Crippen LogP contribution is -2.15. The highest BCUT2D eigenvalue weighted by molar-refractivity contribution is 9.10. The molecule has 4 nitrogen and oxygen atoms in total. The number of alkyl halides is 12. The first-order valence-electron chi connectivity index (χ1n) is 18.3. The minimum atomic E-state index is -4.95. The number of ether oxygens (including phenoxy) is 1. The van der Waals surface area contributed by atoms with Crippen molar-refractivity contribution in [2.75, 3.05) is 0 Å². The molecule has 5 aromatic rings.